The zero-order chi connectivity index (χ0) is 9.84. The standard InChI is InChI=1S/C8H8BrNO3/c1-13-7-3-5(4-10-12)2-6(9)8(7)11/h2-4,11-12H,1H3/b10-4+. The Hall–Kier alpha value is -1.23. The predicted octanol–water partition coefficient (Wildman–Crippen LogP) is 1.97. The second-order valence-corrected chi connectivity index (χ2v) is 3.15. The van der Waals surface area contributed by atoms with Gasteiger partial charge in [-0.1, -0.05) is 5.16 Å². The van der Waals surface area contributed by atoms with Crippen LogP contribution in [0.1, 0.15) is 5.56 Å². The maximum atomic E-state index is 9.41. The van der Waals surface area contributed by atoms with Crippen molar-refractivity contribution in [1.29, 1.82) is 0 Å². The van der Waals surface area contributed by atoms with E-state index in [0.717, 1.165) is 0 Å². The third kappa shape index (κ3) is 2.12. The summed E-state index contributed by atoms with van der Waals surface area (Å²) in [6.07, 6.45) is 1.24. The average Bonchev–Trinajstić information content (AvgIpc) is 2.11. The van der Waals surface area contributed by atoms with Gasteiger partial charge in [-0.15, -0.1) is 0 Å². The molecule has 1 aromatic carbocycles. The fourth-order valence-corrected chi connectivity index (χ4v) is 1.35. The van der Waals surface area contributed by atoms with E-state index in [-0.39, 0.29) is 5.75 Å². The Kier molecular flexibility index (Phi) is 3.13. The zero-order valence-electron chi connectivity index (χ0n) is 6.86. The van der Waals surface area contributed by atoms with Crippen molar-refractivity contribution >= 4 is 22.1 Å². The molecule has 70 valence electrons. The van der Waals surface area contributed by atoms with Crippen LogP contribution in [-0.2, 0) is 0 Å². The topological polar surface area (TPSA) is 62.0 Å². The first-order valence-corrected chi connectivity index (χ1v) is 4.22. The van der Waals surface area contributed by atoms with E-state index in [0.29, 0.717) is 15.8 Å². The number of halogens is 1. The van der Waals surface area contributed by atoms with Crippen LogP contribution in [0.4, 0.5) is 0 Å². The molecule has 0 aromatic heterocycles. The normalized spacial score (nSPS) is 10.6. The van der Waals surface area contributed by atoms with Crippen LogP contribution in [0.5, 0.6) is 11.5 Å². The van der Waals surface area contributed by atoms with Gasteiger partial charge in [0.25, 0.3) is 0 Å². The van der Waals surface area contributed by atoms with Gasteiger partial charge in [0.05, 0.1) is 17.8 Å². The maximum Gasteiger partial charge on any atom is 0.172 e. The summed E-state index contributed by atoms with van der Waals surface area (Å²) in [6, 6.07) is 3.16. The minimum atomic E-state index is 0.0255. The molecule has 1 aromatic rings. The fourth-order valence-electron chi connectivity index (χ4n) is 0.891. The highest BCUT2D eigenvalue weighted by Crippen LogP contribution is 2.34. The molecule has 0 heterocycles. The second-order valence-electron chi connectivity index (χ2n) is 2.30. The lowest BCUT2D eigenvalue weighted by atomic mass is 10.2. The third-order valence-corrected chi connectivity index (χ3v) is 2.08. The SMILES string of the molecule is COc1cc(/C=N/O)cc(Br)c1O. The summed E-state index contributed by atoms with van der Waals surface area (Å²) in [7, 11) is 1.45. The Balaban J connectivity index is 3.21. The summed E-state index contributed by atoms with van der Waals surface area (Å²) in [4.78, 5) is 0. The van der Waals surface area contributed by atoms with E-state index in [1.54, 1.807) is 12.1 Å². The van der Waals surface area contributed by atoms with Gasteiger partial charge in [0, 0.05) is 5.56 Å². The van der Waals surface area contributed by atoms with Gasteiger partial charge in [0.15, 0.2) is 11.5 Å². The van der Waals surface area contributed by atoms with Gasteiger partial charge in [-0.25, -0.2) is 0 Å². The summed E-state index contributed by atoms with van der Waals surface area (Å²) in [5, 5.41) is 20.6. The molecule has 0 unspecified atom stereocenters. The Morgan fingerprint density at radius 2 is 2.23 bits per heavy atom. The van der Waals surface area contributed by atoms with Crippen LogP contribution >= 0.6 is 15.9 Å². The number of ether oxygens (including phenoxy) is 1. The molecular formula is C8H8BrNO3. The number of benzene rings is 1. The summed E-state index contributed by atoms with van der Waals surface area (Å²) in [5.74, 6) is 0.349. The molecule has 0 aliphatic carbocycles. The molecule has 13 heavy (non-hydrogen) atoms. The van der Waals surface area contributed by atoms with E-state index in [4.69, 9.17) is 9.94 Å². The lowest BCUT2D eigenvalue weighted by Crippen LogP contribution is -1.88. The fraction of sp³-hybridized carbons (Fsp3) is 0.125. The quantitative estimate of drug-likeness (QED) is 0.476. The molecule has 0 aliphatic heterocycles. The van der Waals surface area contributed by atoms with Gasteiger partial charge in [-0.2, -0.15) is 0 Å². The average molecular weight is 246 g/mol. The Morgan fingerprint density at radius 3 is 2.77 bits per heavy atom. The lowest BCUT2D eigenvalue weighted by Gasteiger charge is -2.05. The molecule has 0 spiro atoms. The molecule has 0 saturated carbocycles. The smallest absolute Gasteiger partial charge is 0.172 e. The van der Waals surface area contributed by atoms with Crippen molar-refractivity contribution in [2.45, 2.75) is 0 Å². The summed E-state index contributed by atoms with van der Waals surface area (Å²) >= 11 is 3.13. The van der Waals surface area contributed by atoms with Gasteiger partial charge >= 0.3 is 0 Å². The Bertz CT molecular complexity index is 338. The van der Waals surface area contributed by atoms with Gasteiger partial charge in [0.1, 0.15) is 0 Å². The van der Waals surface area contributed by atoms with E-state index in [9.17, 15) is 5.11 Å². The minimum absolute atomic E-state index is 0.0255. The molecule has 0 atom stereocenters. The van der Waals surface area contributed by atoms with Crippen LogP contribution in [0.3, 0.4) is 0 Å². The van der Waals surface area contributed by atoms with Crippen LogP contribution in [0.15, 0.2) is 21.8 Å². The van der Waals surface area contributed by atoms with E-state index in [1.165, 1.54) is 13.3 Å². The van der Waals surface area contributed by atoms with Crippen LogP contribution in [-0.4, -0.2) is 23.6 Å². The highest BCUT2D eigenvalue weighted by Gasteiger charge is 2.07. The molecule has 0 saturated heterocycles. The van der Waals surface area contributed by atoms with Crippen LogP contribution in [0, 0.1) is 0 Å². The number of methoxy groups -OCH3 is 1. The van der Waals surface area contributed by atoms with E-state index < -0.39 is 0 Å². The highest BCUT2D eigenvalue weighted by molar-refractivity contribution is 9.10. The molecule has 0 aliphatic rings. The molecule has 5 heteroatoms. The van der Waals surface area contributed by atoms with Gasteiger partial charge < -0.3 is 15.1 Å². The monoisotopic (exact) mass is 245 g/mol. The third-order valence-electron chi connectivity index (χ3n) is 1.48. The first-order valence-electron chi connectivity index (χ1n) is 3.43. The first-order chi connectivity index (χ1) is 6.19. The van der Waals surface area contributed by atoms with Gasteiger partial charge in [0.2, 0.25) is 0 Å². The summed E-state index contributed by atoms with van der Waals surface area (Å²) in [6.45, 7) is 0. The highest BCUT2D eigenvalue weighted by atomic mass is 79.9. The van der Waals surface area contributed by atoms with E-state index in [2.05, 4.69) is 21.1 Å². The largest absolute Gasteiger partial charge is 0.503 e. The van der Waals surface area contributed by atoms with Crippen molar-refractivity contribution in [3.63, 3.8) is 0 Å². The van der Waals surface area contributed by atoms with Gasteiger partial charge in [-0.05, 0) is 28.1 Å². The number of oxime groups is 1. The van der Waals surface area contributed by atoms with Crippen molar-refractivity contribution < 1.29 is 15.1 Å². The summed E-state index contributed by atoms with van der Waals surface area (Å²) in [5.41, 5.74) is 0.629. The minimum Gasteiger partial charge on any atom is -0.503 e. The number of rotatable bonds is 2. The van der Waals surface area contributed by atoms with Crippen LogP contribution in [0.2, 0.25) is 0 Å². The molecule has 4 nitrogen and oxygen atoms in total. The Morgan fingerprint density at radius 1 is 1.54 bits per heavy atom. The number of phenolic OH excluding ortho intramolecular Hbond substituents is 1. The second kappa shape index (κ2) is 4.13. The van der Waals surface area contributed by atoms with Gasteiger partial charge in [-0.3, -0.25) is 0 Å². The zero-order valence-corrected chi connectivity index (χ0v) is 8.45. The Labute approximate surface area is 83.6 Å². The molecule has 0 fully saturated rings. The lowest BCUT2D eigenvalue weighted by molar-refractivity contribution is 0.321. The number of hydrogen-bond acceptors (Lipinski definition) is 4. The first kappa shape index (κ1) is 9.85. The predicted molar refractivity (Wildman–Crippen MR) is 51.7 cm³/mol. The van der Waals surface area contributed by atoms with E-state index >= 15 is 0 Å². The molecule has 0 radical (unpaired) electrons. The number of hydrogen-bond donors (Lipinski definition) is 2. The van der Waals surface area contributed by atoms with Crippen LogP contribution in [0.25, 0.3) is 0 Å². The molecule has 2 N–H and O–H groups in total. The number of aromatic hydroxyl groups is 1. The maximum absolute atomic E-state index is 9.41. The van der Waals surface area contributed by atoms with Crippen molar-refractivity contribution in [1.82, 2.24) is 0 Å². The summed E-state index contributed by atoms with van der Waals surface area (Å²) < 4.78 is 5.38. The molecule has 0 bridgehead atoms. The van der Waals surface area contributed by atoms with Crippen LogP contribution < -0.4 is 4.74 Å². The number of nitrogens with zero attached hydrogens (tertiary/aromatic N) is 1. The molecular weight excluding hydrogens is 238 g/mol. The van der Waals surface area contributed by atoms with Crippen molar-refractivity contribution in [3.8, 4) is 11.5 Å². The molecule has 0 amide bonds. The van der Waals surface area contributed by atoms with E-state index in [1.807, 2.05) is 0 Å². The van der Waals surface area contributed by atoms with Crippen molar-refractivity contribution in [2.24, 2.45) is 5.16 Å². The molecule has 1 rings (SSSR count). The van der Waals surface area contributed by atoms with Crippen molar-refractivity contribution in [2.75, 3.05) is 7.11 Å². The number of phenols is 1. The van der Waals surface area contributed by atoms with Crippen molar-refractivity contribution in [3.05, 3.63) is 22.2 Å².